The van der Waals surface area contributed by atoms with Gasteiger partial charge in [-0.25, -0.2) is 4.39 Å². The largest absolute Gasteiger partial charge is 0.399 e. The van der Waals surface area contributed by atoms with E-state index in [1.807, 2.05) is 17.0 Å². The van der Waals surface area contributed by atoms with E-state index in [1.165, 1.54) is 12.1 Å². The van der Waals surface area contributed by atoms with E-state index in [-0.39, 0.29) is 17.5 Å². The third kappa shape index (κ3) is 4.39. The van der Waals surface area contributed by atoms with Crippen molar-refractivity contribution in [1.82, 2.24) is 10.2 Å². The van der Waals surface area contributed by atoms with E-state index in [2.05, 4.69) is 5.32 Å². The van der Waals surface area contributed by atoms with Gasteiger partial charge in [0.25, 0.3) is 5.91 Å². The van der Waals surface area contributed by atoms with E-state index in [0.29, 0.717) is 38.0 Å². The van der Waals surface area contributed by atoms with Crippen molar-refractivity contribution in [1.29, 1.82) is 0 Å². The molecule has 2 amide bonds. The van der Waals surface area contributed by atoms with Crippen molar-refractivity contribution in [2.45, 2.75) is 25.3 Å². The lowest BCUT2D eigenvalue weighted by Crippen LogP contribution is -2.47. The topological polar surface area (TPSA) is 75.4 Å². The molecule has 0 unspecified atom stereocenters. The Morgan fingerprint density at radius 3 is 2.38 bits per heavy atom. The van der Waals surface area contributed by atoms with Crippen molar-refractivity contribution in [3.8, 4) is 0 Å². The molecule has 1 heterocycles. The van der Waals surface area contributed by atoms with Crippen LogP contribution >= 0.6 is 0 Å². The minimum absolute atomic E-state index is 0.0503. The molecule has 26 heavy (non-hydrogen) atoms. The molecule has 5 nitrogen and oxygen atoms in total. The van der Waals surface area contributed by atoms with Gasteiger partial charge in [-0.1, -0.05) is 24.3 Å². The first kappa shape index (κ1) is 17.9. The molecule has 3 rings (SSSR count). The monoisotopic (exact) mass is 355 g/mol. The van der Waals surface area contributed by atoms with Crippen molar-refractivity contribution in [2.75, 3.05) is 18.8 Å². The molecule has 1 saturated heterocycles. The van der Waals surface area contributed by atoms with Crippen LogP contribution in [0.2, 0.25) is 0 Å². The van der Waals surface area contributed by atoms with E-state index in [1.54, 1.807) is 24.3 Å². The van der Waals surface area contributed by atoms with Gasteiger partial charge in [0.2, 0.25) is 5.91 Å². The lowest BCUT2D eigenvalue weighted by atomic mass is 10.0. The number of piperidine rings is 1. The van der Waals surface area contributed by atoms with Crippen molar-refractivity contribution in [2.24, 2.45) is 0 Å². The smallest absolute Gasteiger partial charge is 0.254 e. The summed E-state index contributed by atoms with van der Waals surface area (Å²) in [6, 6.07) is 13.2. The predicted molar refractivity (Wildman–Crippen MR) is 98.0 cm³/mol. The Hall–Kier alpha value is -2.89. The van der Waals surface area contributed by atoms with E-state index < -0.39 is 11.7 Å². The Balaban J connectivity index is 1.49. The van der Waals surface area contributed by atoms with Gasteiger partial charge >= 0.3 is 0 Å². The Morgan fingerprint density at radius 1 is 1.08 bits per heavy atom. The van der Waals surface area contributed by atoms with E-state index >= 15 is 0 Å². The molecule has 0 atom stereocenters. The summed E-state index contributed by atoms with van der Waals surface area (Å²) in [4.78, 5) is 26.4. The number of likely N-dealkylation sites (tertiary alicyclic amines) is 1. The number of carbonyl (C=O) groups is 2. The molecule has 0 radical (unpaired) electrons. The van der Waals surface area contributed by atoms with Crippen LogP contribution in [-0.4, -0.2) is 35.8 Å². The molecule has 0 bridgehead atoms. The molecule has 2 aromatic carbocycles. The van der Waals surface area contributed by atoms with E-state index in [9.17, 15) is 14.0 Å². The molecular formula is C20H22FN3O2. The molecule has 0 aliphatic carbocycles. The second kappa shape index (κ2) is 7.99. The molecule has 3 N–H and O–H groups in total. The summed E-state index contributed by atoms with van der Waals surface area (Å²) >= 11 is 0. The SMILES string of the molecule is Nc1ccc(CC(=O)N2CCC(NC(=O)c3ccccc3F)CC2)cc1. The molecule has 2 aromatic rings. The number of nitrogens with zero attached hydrogens (tertiary/aromatic N) is 1. The van der Waals surface area contributed by atoms with Crippen LogP contribution < -0.4 is 11.1 Å². The van der Waals surface area contributed by atoms with Crippen molar-refractivity contribution in [3.63, 3.8) is 0 Å². The maximum Gasteiger partial charge on any atom is 0.254 e. The number of nitrogen functional groups attached to an aromatic ring is 1. The third-order valence-corrected chi connectivity index (χ3v) is 4.64. The second-order valence-electron chi connectivity index (χ2n) is 6.53. The van der Waals surface area contributed by atoms with Crippen LogP contribution in [0.15, 0.2) is 48.5 Å². The summed E-state index contributed by atoms with van der Waals surface area (Å²) in [6.45, 7) is 1.16. The second-order valence-corrected chi connectivity index (χ2v) is 6.53. The fourth-order valence-electron chi connectivity index (χ4n) is 3.10. The number of nitrogens with one attached hydrogen (secondary N) is 1. The summed E-state index contributed by atoms with van der Waals surface area (Å²) in [5, 5.41) is 2.86. The van der Waals surface area contributed by atoms with Gasteiger partial charge in [-0.05, 0) is 42.7 Å². The molecular weight excluding hydrogens is 333 g/mol. The fraction of sp³-hybridized carbons (Fsp3) is 0.300. The van der Waals surface area contributed by atoms with Gasteiger partial charge in [0.15, 0.2) is 0 Å². The summed E-state index contributed by atoms with van der Waals surface area (Å²) in [5.41, 5.74) is 7.31. The first-order valence-corrected chi connectivity index (χ1v) is 8.70. The average Bonchev–Trinajstić information content (AvgIpc) is 2.64. The van der Waals surface area contributed by atoms with E-state index in [4.69, 9.17) is 5.73 Å². The van der Waals surface area contributed by atoms with E-state index in [0.717, 1.165) is 5.56 Å². The molecule has 6 heteroatoms. The Morgan fingerprint density at radius 2 is 1.73 bits per heavy atom. The number of hydrogen-bond acceptors (Lipinski definition) is 3. The quantitative estimate of drug-likeness (QED) is 0.827. The van der Waals surface area contributed by atoms with Crippen LogP contribution in [0.5, 0.6) is 0 Å². The van der Waals surface area contributed by atoms with Gasteiger partial charge < -0.3 is 16.0 Å². The van der Waals surface area contributed by atoms with Crippen molar-refractivity contribution >= 4 is 17.5 Å². The van der Waals surface area contributed by atoms with Crippen LogP contribution in [0.25, 0.3) is 0 Å². The first-order valence-electron chi connectivity index (χ1n) is 8.70. The number of halogens is 1. The lowest BCUT2D eigenvalue weighted by Gasteiger charge is -2.32. The lowest BCUT2D eigenvalue weighted by molar-refractivity contribution is -0.131. The van der Waals surface area contributed by atoms with Gasteiger partial charge in [-0.3, -0.25) is 9.59 Å². The highest BCUT2D eigenvalue weighted by Gasteiger charge is 2.24. The highest BCUT2D eigenvalue weighted by atomic mass is 19.1. The minimum atomic E-state index is -0.527. The normalized spacial score (nSPS) is 14.9. The maximum absolute atomic E-state index is 13.7. The first-order chi connectivity index (χ1) is 12.5. The summed E-state index contributed by atoms with van der Waals surface area (Å²) in [6.07, 6.45) is 1.66. The van der Waals surface area contributed by atoms with Gasteiger partial charge in [0, 0.05) is 24.8 Å². The van der Waals surface area contributed by atoms with Crippen LogP contribution in [0, 0.1) is 5.82 Å². The Labute approximate surface area is 152 Å². The summed E-state index contributed by atoms with van der Waals surface area (Å²) < 4.78 is 13.7. The number of amides is 2. The van der Waals surface area contributed by atoms with Crippen molar-refractivity contribution < 1.29 is 14.0 Å². The van der Waals surface area contributed by atoms with Crippen LogP contribution in [0.3, 0.4) is 0 Å². The molecule has 1 fully saturated rings. The summed E-state index contributed by atoms with van der Waals surface area (Å²) in [7, 11) is 0. The zero-order chi connectivity index (χ0) is 18.5. The number of carbonyl (C=O) groups excluding carboxylic acids is 2. The van der Waals surface area contributed by atoms with Gasteiger partial charge in [0.1, 0.15) is 5.82 Å². The molecule has 0 spiro atoms. The van der Waals surface area contributed by atoms with Gasteiger partial charge in [0.05, 0.1) is 12.0 Å². The number of rotatable bonds is 4. The zero-order valence-corrected chi connectivity index (χ0v) is 14.5. The number of hydrogen-bond donors (Lipinski definition) is 2. The maximum atomic E-state index is 13.7. The number of nitrogens with two attached hydrogens (primary N) is 1. The molecule has 0 aromatic heterocycles. The molecule has 0 saturated carbocycles. The molecule has 1 aliphatic rings. The average molecular weight is 355 g/mol. The van der Waals surface area contributed by atoms with Crippen LogP contribution in [-0.2, 0) is 11.2 Å². The fourth-order valence-corrected chi connectivity index (χ4v) is 3.10. The van der Waals surface area contributed by atoms with Crippen LogP contribution in [0.4, 0.5) is 10.1 Å². The highest BCUT2D eigenvalue weighted by molar-refractivity contribution is 5.94. The standard InChI is InChI=1S/C20H22FN3O2/c21-18-4-2-1-3-17(18)20(26)23-16-9-11-24(12-10-16)19(25)13-14-5-7-15(22)8-6-14/h1-8,16H,9-13,22H2,(H,23,26). The predicted octanol–water partition coefficient (Wildman–Crippen LogP) is 2.37. The number of anilines is 1. The van der Waals surface area contributed by atoms with Gasteiger partial charge in [-0.15, -0.1) is 0 Å². The highest BCUT2D eigenvalue weighted by Crippen LogP contribution is 2.15. The molecule has 136 valence electrons. The molecule has 1 aliphatic heterocycles. The third-order valence-electron chi connectivity index (χ3n) is 4.64. The minimum Gasteiger partial charge on any atom is -0.399 e. The Bertz CT molecular complexity index is 784. The van der Waals surface area contributed by atoms with Crippen molar-refractivity contribution in [3.05, 3.63) is 65.5 Å². The Kier molecular flexibility index (Phi) is 5.51. The van der Waals surface area contributed by atoms with Gasteiger partial charge in [-0.2, -0.15) is 0 Å². The number of benzene rings is 2. The summed E-state index contributed by atoms with van der Waals surface area (Å²) in [5.74, 6) is -0.871. The zero-order valence-electron chi connectivity index (χ0n) is 14.5. The van der Waals surface area contributed by atoms with Crippen LogP contribution in [0.1, 0.15) is 28.8 Å².